The average molecular weight is 571 g/mol. The van der Waals surface area contributed by atoms with Gasteiger partial charge in [-0.15, -0.1) is 0 Å². The van der Waals surface area contributed by atoms with Crippen LogP contribution in [0.5, 0.6) is 0 Å². The molecule has 2 nitrogen and oxygen atoms in total. The van der Waals surface area contributed by atoms with Crippen LogP contribution in [-0.2, 0) is 6.42 Å². The molecule has 216 valence electrons. The van der Waals surface area contributed by atoms with E-state index in [1.807, 2.05) is 0 Å². The molecule has 8 rings (SSSR count). The quantitative estimate of drug-likeness (QED) is 0.204. The van der Waals surface area contributed by atoms with E-state index in [9.17, 15) is 0 Å². The monoisotopic (exact) mass is 570 g/mol. The molecule has 0 spiro atoms. The lowest BCUT2D eigenvalue weighted by molar-refractivity contribution is 0.516. The summed E-state index contributed by atoms with van der Waals surface area (Å²) in [6.07, 6.45) is 15.3. The van der Waals surface area contributed by atoms with E-state index in [1.54, 1.807) is 0 Å². The van der Waals surface area contributed by atoms with Gasteiger partial charge in [-0.3, -0.25) is 0 Å². The number of aromatic nitrogens is 1. The molecule has 0 amide bonds. The molecular weight excluding hydrogens is 532 g/mol. The van der Waals surface area contributed by atoms with Gasteiger partial charge in [0.15, 0.2) is 0 Å². The lowest BCUT2D eigenvalue weighted by Crippen LogP contribution is -2.19. The highest BCUT2D eigenvalue weighted by Gasteiger charge is 2.35. The second kappa shape index (κ2) is 11.0. The number of anilines is 3. The maximum atomic E-state index is 2.74. The summed E-state index contributed by atoms with van der Waals surface area (Å²) in [5, 5.41) is 0. The van der Waals surface area contributed by atoms with Crippen molar-refractivity contribution in [3.8, 4) is 11.1 Å². The van der Waals surface area contributed by atoms with Crippen LogP contribution in [0.25, 0.3) is 22.8 Å². The van der Waals surface area contributed by atoms with Crippen molar-refractivity contribution in [2.45, 2.75) is 51.0 Å². The second-order valence-electron chi connectivity index (χ2n) is 12.6. The van der Waals surface area contributed by atoms with Crippen molar-refractivity contribution in [3.05, 3.63) is 162 Å². The van der Waals surface area contributed by atoms with Crippen molar-refractivity contribution in [3.63, 3.8) is 0 Å². The van der Waals surface area contributed by atoms with Crippen LogP contribution in [-0.4, -0.2) is 4.57 Å². The first-order chi connectivity index (χ1) is 21.7. The Morgan fingerprint density at radius 2 is 1.30 bits per heavy atom. The Balaban J connectivity index is 1.12. The average Bonchev–Trinajstić information content (AvgIpc) is 3.44. The molecule has 0 radical (unpaired) electrons. The fraction of sp³-hybridized carbons (Fsp3) is 0.190. The molecule has 3 aliphatic carbocycles. The Bertz CT molecular complexity index is 1860. The van der Waals surface area contributed by atoms with Crippen LogP contribution in [0.1, 0.15) is 72.6 Å². The number of rotatable bonds is 5. The van der Waals surface area contributed by atoms with Crippen molar-refractivity contribution in [1.82, 2.24) is 4.57 Å². The molecule has 3 aliphatic rings. The first-order valence-electron chi connectivity index (χ1n) is 16.1. The van der Waals surface area contributed by atoms with E-state index < -0.39 is 0 Å². The summed E-state index contributed by atoms with van der Waals surface area (Å²) in [6, 6.07) is 39.7. The van der Waals surface area contributed by atoms with Gasteiger partial charge in [0.2, 0.25) is 0 Å². The van der Waals surface area contributed by atoms with E-state index in [0.29, 0.717) is 17.9 Å². The van der Waals surface area contributed by atoms with Gasteiger partial charge < -0.3 is 9.47 Å². The Morgan fingerprint density at radius 1 is 0.636 bits per heavy atom. The Kier molecular flexibility index (Phi) is 6.71. The standard InChI is InChI=1S/C42H38N2/c1-29-12-11-19-39-40-38-18-10-9-13-33(38)28-30(2)42(40)44(41(29)39)37-26-22-32(23-27-37)31-20-24-36(25-21-31)43(34-14-5-3-6-15-34)35-16-7-4-8-17-35/h3-11,13-26,29-30,37H,12,27-28H2,1-2H3. The lowest BCUT2D eigenvalue weighted by Gasteiger charge is -2.30. The fourth-order valence-corrected chi connectivity index (χ4v) is 7.73. The molecule has 0 bridgehead atoms. The predicted molar refractivity (Wildman–Crippen MR) is 186 cm³/mol. The van der Waals surface area contributed by atoms with Gasteiger partial charge in [0.05, 0.1) is 6.04 Å². The molecule has 0 aliphatic heterocycles. The molecule has 0 saturated heterocycles. The molecular formula is C42H38N2. The van der Waals surface area contributed by atoms with Crippen molar-refractivity contribution in [2.24, 2.45) is 0 Å². The maximum absolute atomic E-state index is 2.74. The van der Waals surface area contributed by atoms with Gasteiger partial charge in [-0.2, -0.15) is 0 Å². The van der Waals surface area contributed by atoms with Gasteiger partial charge in [0, 0.05) is 51.4 Å². The van der Waals surface area contributed by atoms with E-state index >= 15 is 0 Å². The number of para-hydroxylation sites is 2. The normalized spacial score (nSPS) is 20.0. The number of fused-ring (bicyclic) bond motifs is 5. The molecule has 3 unspecified atom stereocenters. The molecule has 0 fully saturated rings. The molecule has 2 heteroatoms. The Morgan fingerprint density at radius 3 is 1.98 bits per heavy atom. The van der Waals surface area contributed by atoms with Crippen molar-refractivity contribution in [2.75, 3.05) is 4.90 Å². The van der Waals surface area contributed by atoms with Crippen LogP contribution in [0.15, 0.2) is 133 Å². The molecule has 0 saturated carbocycles. The minimum atomic E-state index is 0.337. The zero-order valence-electron chi connectivity index (χ0n) is 25.5. The topological polar surface area (TPSA) is 8.17 Å². The third-order valence-corrected chi connectivity index (χ3v) is 9.74. The van der Waals surface area contributed by atoms with E-state index in [4.69, 9.17) is 0 Å². The summed E-state index contributed by atoms with van der Waals surface area (Å²) < 4.78 is 2.74. The van der Waals surface area contributed by atoms with Gasteiger partial charge in [-0.1, -0.05) is 117 Å². The van der Waals surface area contributed by atoms with Crippen LogP contribution in [0.4, 0.5) is 17.1 Å². The fourth-order valence-electron chi connectivity index (χ4n) is 7.73. The predicted octanol–water partition coefficient (Wildman–Crippen LogP) is 11.4. The van der Waals surface area contributed by atoms with Crippen LogP contribution >= 0.6 is 0 Å². The number of hydrogen-bond donors (Lipinski definition) is 0. The van der Waals surface area contributed by atoms with Crippen molar-refractivity contribution >= 4 is 28.7 Å². The molecule has 0 N–H and O–H groups in total. The minimum absolute atomic E-state index is 0.337. The molecule has 1 aromatic heterocycles. The largest absolute Gasteiger partial charge is 0.340 e. The minimum Gasteiger partial charge on any atom is -0.340 e. The number of hydrogen-bond acceptors (Lipinski definition) is 1. The highest BCUT2D eigenvalue weighted by molar-refractivity contribution is 5.85. The zero-order chi connectivity index (χ0) is 29.6. The van der Waals surface area contributed by atoms with Gasteiger partial charge in [-0.25, -0.2) is 0 Å². The molecule has 4 aromatic carbocycles. The first-order valence-corrected chi connectivity index (χ1v) is 16.1. The van der Waals surface area contributed by atoms with Gasteiger partial charge >= 0.3 is 0 Å². The van der Waals surface area contributed by atoms with Gasteiger partial charge in [0.1, 0.15) is 0 Å². The first kappa shape index (κ1) is 26.8. The SMILES string of the molecule is CC1CC=Cc2c3c(n(C4C=CC(c5ccc(N(c6ccccc6)c6ccccc6)cc5)=CC4)c21)C(C)Cc1ccccc1-3. The smallest absolute Gasteiger partial charge is 0.0554 e. The summed E-state index contributed by atoms with van der Waals surface area (Å²) in [4.78, 5) is 2.32. The van der Waals surface area contributed by atoms with Crippen molar-refractivity contribution < 1.29 is 0 Å². The Labute approximate surface area is 261 Å². The highest BCUT2D eigenvalue weighted by Crippen LogP contribution is 2.50. The second-order valence-corrected chi connectivity index (χ2v) is 12.6. The molecule has 1 heterocycles. The van der Waals surface area contributed by atoms with Crippen molar-refractivity contribution in [1.29, 1.82) is 0 Å². The van der Waals surface area contributed by atoms with E-state index in [2.05, 4.69) is 163 Å². The molecule has 5 aromatic rings. The molecule has 44 heavy (non-hydrogen) atoms. The third-order valence-electron chi connectivity index (χ3n) is 9.74. The van der Waals surface area contributed by atoms with Gasteiger partial charge in [0.25, 0.3) is 0 Å². The summed E-state index contributed by atoms with van der Waals surface area (Å²) in [5.74, 6) is 1.01. The number of nitrogens with zero attached hydrogens (tertiary/aromatic N) is 2. The summed E-state index contributed by atoms with van der Waals surface area (Å²) in [7, 11) is 0. The summed E-state index contributed by atoms with van der Waals surface area (Å²) in [6.45, 7) is 4.83. The third kappa shape index (κ3) is 4.48. The maximum Gasteiger partial charge on any atom is 0.0554 e. The number of allylic oxidation sites excluding steroid dienone is 5. The summed E-state index contributed by atoms with van der Waals surface area (Å²) in [5.41, 5.74) is 15.0. The Hall–Kier alpha value is -4.82. The highest BCUT2D eigenvalue weighted by atomic mass is 15.1. The van der Waals surface area contributed by atoms with Crippen LogP contribution in [0.2, 0.25) is 0 Å². The van der Waals surface area contributed by atoms with E-state index in [1.165, 1.54) is 44.8 Å². The lowest BCUT2D eigenvalue weighted by atomic mass is 9.81. The molecule has 3 atom stereocenters. The van der Waals surface area contributed by atoms with E-state index in [-0.39, 0.29) is 0 Å². The van der Waals surface area contributed by atoms with Crippen LogP contribution in [0, 0.1) is 0 Å². The zero-order valence-corrected chi connectivity index (χ0v) is 25.5. The van der Waals surface area contributed by atoms with Gasteiger partial charge in [-0.05, 0) is 77.9 Å². The number of benzene rings is 4. The van der Waals surface area contributed by atoms with Crippen LogP contribution in [0.3, 0.4) is 0 Å². The van der Waals surface area contributed by atoms with Crippen LogP contribution < -0.4 is 4.90 Å². The van der Waals surface area contributed by atoms with E-state index in [0.717, 1.165) is 36.3 Å². The summed E-state index contributed by atoms with van der Waals surface area (Å²) >= 11 is 0.